The molecule has 1 aromatic carbocycles. The molecule has 0 aliphatic heterocycles. The van der Waals surface area contributed by atoms with Gasteiger partial charge in [0.05, 0.1) is 4.34 Å². The molecule has 0 bridgehead atoms. The van der Waals surface area contributed by atoms with Crippen LogP contribution in [-0.4, -0.2) is 24.6 Å². The number of hydrogen-bond acceptors (Lipinski definition) is 5. The van der Waals surface area contributed by atoms with Crippen LogP contribution in [0, 0.1) is 6.92 Å². The Bertz CT molecular complexity index is 794. The summed E-state index contributed by atoms with van der Waals surface area (Å²) in [5, 5.41) is 18.3. The Morgan fingerprint density at radius 2 is 2.00 bits per heavy atom. The van der Waals surface area contributed by atoms with Gasteiger partial charge in [-0.25, -0.2) is 13.2 Å². The van der Waals surface area contributed by atoms with Crippen LogP contribution in [0.3, 0.4) is 0 Å². The Balaban J connectivity index is 2.37. The van der Waals surface area contributed by atoms with E-state index in [4.69, 9.17) is 16.7 Å². The lowest BCUT2D eigenvalue weighted by Gasteiger charge is -2.07. The number of aromatic carboxylic acids is 1. The van der Waals surface area contributed by atoms with Crippen molar-refractivity contribution in [2.75, 3.05) is 4.72 Å². The summed E-state index contributed by atoms with van der Waals surface area (Å²) < 4.78 is 27.0. The number of nitrogens with one attached hydrogen (secondary N) is 1. The highest BCUT2D eigenvalue weighted by atomic mass is 35.5. The van der Waals surface area contributed by atoms with E-state index < -0.39 is 27.3 Å². The molecule has 9 heteroatoms. The van der Waals surface area contributed by atoms with Gasteiger partial charge in [0.2, 0.25) is 0 Å². The fourth-order valence-corrected chi connectivity index (χ4v) is 4.30. The van der Waals surface area contributed by atoms with E-state index in [2.05, 4.69) is 4.72 Å². The topological polar surface area (TPSA) is 104 Å². The Hall–Kier alpha value is -1.77. The van der Waals surface area contributed by atoms with Gasteiger partial charge in [-0.3, -0.25) is 4.72 Å². The van der Waals surface area contributed by atoms with Crippen molar-refractivity contribution in [3.8, 4) is 5.75 Å². The van der Waals surface area contributed by atoms with Gasteiger partial charge in [0.15, 0.2) is 0 Å². The summed E-state index contributed by atoms with van der Waals surface area (Å²) >= 11 is 6.74. The molecule has 0 amide bonds. The number of aromatic hydroxyl groups is 1. The normalized spacial score (nSPS) is 11.3. The number of carbonyl (C=O) groups is 1. The summed E-state index contributed by atoms with van der Waals surface area (Å²) in [6, 6.07) is 4.83. The molecule has 112 valence electrons. The maximum absolute atomic E-state index is 12.2. The molecular formula is C12H10ClNO5S2. The Morgan fingerprint density at radius 3 is 2.52 bits per heavy atom. The summed E-state index contributed by atoms with van der Waals surface area (Å²) in [6.07, 6.45) is 0. The molecule has 0 atom stereocenters. The summed E-state index contributed by atoms with van der Waals surface area (Å²) in [6.45, 7) is 1.68. The van der Waals surface area contributed by atoms with Crippen LogP contribution in [0.5, 0.6) is 5.75 Å². The quantitative estimate of drug-likeness (QED) is 0.738. The Labute approximate surface area is 129 Å². The van der Waals surface area contributed by atoms with Crippen molar-refractivity contribution in [1.82, 2.24) is 0 Å². The summed E-state index contributed by atoms with van der Waals surface area (Å²) in [5.41, 5.74) is 0.280. The van der Waals surface area contributed by atoms with Gasteiger partial charge < -0.3 is 10.2 Å². The molecule has 0 fully saturated rings. The molecule has 2 aromatic rings. The fraction of sp³-hybridized carbons (Fsp3) is 0.0833. The van der Waals surface area contributed by atoms with E-state index >= 15 is 0 Å². The van der Waals surface area contributed by atoms with Gasteiger partial charge >= 0.3 is 5.97 Å². The Kier molecular flexibility index (Phi) is 4.13. The van der Waals surface area contributed by atoms with E-state index in [0.29, 0.717) is 9.90 Å². The lowest BCUT2D eigenvalue weighted by Crippen LogP contribution is -2.12. The van der Waals surface area contributed by atoms with Crippen molar-refractivity contribution >= 4 is 44.6 Å². The highest BCUT2D eigenvalue weighted by molar-refractivity contribution is 7.94. The molecule has 0 unspecified atom stereocenters. The third-order valence-corrected chi connectivity index (χ3v) is 5.99. The minimum atomic E-state index is -3.86. The van der Waals surface area contributed by atoms with Crippen molar-refractivity contribution in [3.05, 3.63) is 39.7 Å². The van der Waals surface area contributed by atoms with Crippen molar-refractivity contribution in [2.45, 2.75) is 11.1 Å². The number of aryl methyl sites for hydroxylation is 1. The van der Waals surface area contributed by atoms with Gasteiger partial charge in [-0.1, -0.05) is 11.6 Å². The number of sulfonamides is 1. The number of halogens is 1. The molecular weight excluding hydrogens is 338 g/mol. The standard InChI is InChI=1S/C12H10ClNO5S2/c1-6-4-10(20-11(6)13)21(18,19)14-7-2-3-9(15)8(5-7)12(16)17/h2-5,14-15H,1H3,(H,16,17). The molecule has 0 saturated heterocycles. The van der Waals surface area contributed by atoms with Crippen LogP contribution >= 0.6 is 22.9 Å². The minimum Gasteiger partial charge on any atom is -0.507 e. The molecule has 0 radical (unpaired) electrons. The van der Waals surface area contributed by atoms with Gasteiger partial charge in [0.25, 0.3) is 10.0 Å². The van der Waals surface area contributed by atoms with E-state index in [1.807, 2.05) is 0 Å². The van der Waals surface area contributed by atoms with Gasteiger partial charge in [-0.05, 0) is 36.8 Å². The maximum atomic E-state index is 12.2. The molecule has 1 heterocycles. The molecule has 21 heavy (non-hydrogen) atoms. The van der Waals surface area contributed by atoms with Crippen LogP contribution in [-0.2, 0) is 10.0 Å². The van der Waals surface area contributed by atoms with Gasteiger partial charge in [0, 0.05) is 5.69 Å². The number of thiophene rings is 1. The largest absolute Gasteiger partial charge is 0.507 e. The highest BCUT2D eigenvalue weighted by Crippen LogP contribution is 2.31. The van der Waals surface area contributed by atoms with E-state index in [9.17, 15) is 18.3 Å². The van der Waals surface area contributed by atoms with Crippen LogP contribution in [0.4, 0.5) is 5.69 Å². The van der Waals surface area contributed by atoms with Crippen molar-refractivity contribution in [3.63, 3.8) is 0 Å². The number of hydrogen-bond donors (Lipinski definition) is 3. The number of phenols is 1. The fourth-order valence-electron chi connectivity index (χ4n) is 1.54. The number of rotatable bonds is 4. The van der Waals surface area contributed by atoms with Crippen molar-refractivity contribution in [2.24, 2.45) is 0 Å². The Morgan fingerprint density at radius 1 is 1.33 bits per heavy atom. The smallest absolute Gasteiger partial charge is 0.339 e. The molecule has 3 N–H and O–H groups in total. The third kappa shape index (κ3) is 3.29. The van der Waals surface area contributed by atoms with Crippen molar-refractivity contribution < 1.29 is 23.4 Å². The summed E-state index contributed by atoms with van der Waals surface area (Å²) in [4.78, 5) is 10.9. The number of carboxylic acid groups (broad SMARTS) is 1. The van der Waals surface area contributed by atoms with Crippen LogP contribution in [0.2, 0.25) is 4.34 Å². The molecule has 0 saturated carbocycles. The lowest BCUT2D eigenvalue weighted by molar-refractivity contribution is 0.0694. The lowest BCUT2D eigenvalue weighted by atomic mass is 10.2. The van der Waals surface area contributed by atoms with E-state index in [1.165, 1.54) is 12.1 Å². The zero-order valence-corrected chi connectivity index (χ0v) is 13.0. The molecule has 6 nitrogen and oxygen atoms in total. The average Bonchev–Trinajstić information content (AvgIpc) is 2.72. The molecule has 0 spiro atoms. The first-order valence-corrected chi connectivity index (χ1v) is 8.23. The second-order valence-electron chi connectivity index (χ2n) is 4.16. The molecule has 2 rings (SSSR count). The highest BCUT2D eigenvalue weighted by Gasteiger charge is 2.20. The SMILES string of the molecule is Cc1cc(S(=O)(=O)Nc2ccc(O)c(C(=O)O)c2)sc1Cl. The van der Waals surface area contributed by atoms with Crippen LogP contribution in [0.15, 0.2) is 28.5 Å². The summed E-state index contributed by atoms with van der Waals surface area (Å²) in [5.74, 6) is -1.80. The first kappa shape index (κ1) is 15.6. The number of carboxylic acids is 1. The average molecular weight is 348 g/mol. The van der Waals surface area contributed by atoms with Crippen molar-refractivity contribution in [1.29, 1.82) is 0 Å². The number of anilines is 1. The monoisotopic (exact) mass is 347 g/mol. The third-order valence-electron chi connectivity index (χ3n) is 2.58. The van der Waals surface area contributed by atoms with E-state index in [0.717, 1.165) is 23.5 Å². The molecule has 0 aliphatic carbocycles. The second kappa shape index (κ2) is 5.55. The predicted molar refractivity (Wildman–Crippen MR) is 79.9 cm³/mol. The molecule has 1 aromatic heterocycles. The second-order valence-corrected chi connectivity index (χ2v) is 7.73. The zero-order chi connectivity index (χ0) is 15.8. The predicted octanol–water partition coefficient (Wildman–Crippen LogP) is 2.91. The van der Waals surface area contributed by atoms with Gasteiger partial charge in [-0.15, -0.1) is 11.3 Å². The van der Waals surface area contributed by atoms with Crippen LogP contribution in [0.1, 0.15) is 15.9 Å². The summed E-state index contributed by atoms with van der Waals surface area (Å²) in [7, 11) is -3.86. The van der Waals surface area contributed by atoms with E-state index in [-0.39, 0.29) is 9.90 Å². The maximum Gasteiger partial charge on any atom is 0.339 e. The van der Waals surface area contributed by atoms with Gasteiger partial charge in [0.1, 0.15) is 15.5 Å². The first-order chi connectivity index (χ1) is 9.70. The zero-order valence-electron chi connectivity index (χ0n) is 10.6. The van der Waals surface area contributed by atoms with Crippen LogP contribution in [0.25, 0.3) is 0 Å². The number of benzene rings is 1. The minimum absolute atomic E-state index is 0.0231. The van der Waals surface area contributed by atoms with E-state index in [1.54, 1.807) is 6.92 Å². The van der Waals surface area contributed by atoms with Gasteiger partial charge in [-0.2, -0.15) is 0 Å². The molecule has 0 aliphatic rings. The first-order valence-electron chi connectivity index (χ1n) is 5.56. The van der Waals surface area contributed by atoms with Crippen LogP contribution < -0.4 is 4.72 Å².